The van der Waals surface area contributed by atoms with Crippen LogP contribution in [-0.4, -0.2) is 71.7 Å². The first kappa shape index (κ1) is 24.0. The average Bonchev–Trinajstić information content (AvgIpc) is 3.36. The summed E-state index contributed by atoms with van der Waals surface area (Å²) in [6.45, 7) is 4.38. The summed E-state index contributed by atoms with van der Waals surface area (Å²) in [5, 5.41) is 15.2. The van der Waals surface area contributed by atoms with Crippen LogP contribution in [0.2, 0.25) is 0 Å². The molecule has 2 aromatic rings. The first-order valence-corrected chi connectivity index (χ1v) is 11.7. The number of thiazole rings is 1. The first-order chi connectivity index (χ1) is 16.4. The summed E-state index contributed by atoms with van der Waals surface area (Å²) in [6, 6.07) is 3.00. The number of halogens is 1. The molecule has 180 valence electrons. The minimum atomic E-state index is -1.01. The highest BCUT2D eigenvalue weighted by Gasteiger charge is 2.36. The second-order valence-electron chi connectivity index (χ2n) is 7.86. The van der Waals surface area contributed by atoms with Crippen molar-refractivity contribution in [2.45, 2.75) is 25.9 Å². The Labute approximate surface area is 199 Å². The van der Waals surface area contributed by atoms with Crippen molar-refractivity contribution in [1.29, 1.82) is 0 Å². The standard InChI is InChI=1S/C23H25FN4O5S/c1-3-33-23(31)18-16(11-28-7-8-32-12-17(28)22(29)30)26-20(21-25-6-9-34-21)27-19(18)14-5-4-13(2)15(24)10-14/h4-6,9-10,17,19H,3,7-8,11-12H2,1-2H3,(H,26,27)(H,29,30)/t17-,19-/m0/s1. The Balaban J connectivity index is 1.82. The minimum absolute atomic E-state index is 0.0391. The maximum Gasteiger partial charge on any atom is 0.338 e. The van der Waals surface area contributed by atoms with E-state index in [-0.39, 0.29) is 25.3 Å². The molecule has 1 aromatic carbocycles. The molecular weight excluding hydrogens is 463 g/mol. The zero-order valence-electron chi connectivity index (χ0n) is 18.8. The Bertz CT molecular complexity index is 1130. The number of carboxylic acid groups (broad SMARTS) is 1. The van der Waals surface area contributed by atoms with Crippen LogP contribution in [0.1, 0.15) is 29.1 Å². The molecule has 9 nitrogen and oxygen atoms in total. The number of benzene rings is 1. The van der Waals surface area contributed by atoms with Crippen molar-refractivity contribution in [2.75, 3.05) is 32.9 Å². The van der Waals surface area contributed by atoms with Crippen molar-refractivity contribution >= 4 is 29.1 Å². The quantitative estimate of drug-likeness (QED) is 0.571. The predicted molar refractivity (Wildman–Crippen MR) is 123 cm³/mol. The largest absolute Gasteiger partial charge is 0.480 e. The second-order valence-corrected chi connectivity index (χ2v) is 8.76. The number of aromatic nitrogens is 1. The molecule has 0 saturated carbocycles. The molecule has 0 radical (unpaired) electrons. The van der Waals surface area contributed by atoms with E-state index >= 15 is 0 Å². The number of carbonyl (C=O) groups excluding carboxylic acids is 1. The number of rotatable bonds is 7. The fourth-order valence-electron chi connectivity index (χ4n) is 3.90. The van der Waals surface area contributed by atoms with Gasteiger partial charge in [0.25, 0.3) is 0 Å². The van der Waals surface area contributed by atoms with Crippen LogP contribution in [0.3, 0.4) is 0 Å². The number of ether oxygens (including phenoxy) is 2. The summed E-state index contributed by atoms with van der Waals surface area (Å²) in [5.41, 5.74) is 1.61. The van der Waals surface area contributed by atoms with Crippen LogP contribution in [-0.2, 0) is 19.1 Å². The smallest absolute Gasteiger partial charge is 0.338 e. The van der Waals surface area contributed by atoms with E-state index in [0.29, 0.717) is 40.8 Å². The molecule has 1 fully saturated rings. The molecule has 0 bridgehead atoms. The number of hydrogen-bond acceptors (Lipinski definition) is 9. The molecule has 1 aromatic heterocycles. The van der Waals surface area contributed by atoms with E-state index in [1.54, 1.807) is 42.5 Å². The highest BCUT2D eigenvalue weighted by atomic mass is 32.1. The maximum atomic E-state index is 14.5. The third-order valence-corrected chi connectivity index (χ3v) is 6.43. The van der Waals surface area contributed by atoms with E-state index in [1.165, 1.54) is 17.4 Å². The van der Waals surface area contributed by atoms with Crippen LogP contribution in [0, 0.1) is 12.7 Å². The predicted octanol–water partition coefficient (Wildman–Crippen LogP) is 2.28. The zero-order chi connectivity index (χ0) is 24.2. The molecular formula is C23H25FN4O5S. The number of esters is 1. The lowest BCUT2D eigenvalue weighted by Crippen LogP contribution is -2.52. The molecule has 11 heteroatoms. The molecule has 0 aliphatic carbocycles. The number of hydrogen-bond donors (Lipinski definition) is 2. The van der Waals surface area contributed by atoms with E-state index in [4.69, 9.17) is 14.5 Å². The van der Waals surface area contributed by atoms with Crippen LogP contribution in [0.5, 0.6) is 0 Å². The summed E-state index contributed by atoms with van der Waals surface area (Å²) in [4.78, 5) is 35.7. The van der Waals surface area contributed by atoms with E-state index < -0.39 is 29.8 Å². The van der Waals surface area contributed by atoms with Gasteiger partial charge in [-0.2, -0.15) is 0 Å². The van der Waals surface area contributed by atoms with Gasteiger partial charge in [-0.1, -0.05) is 12.1 Å². The molecule has 4 rings (SSSR count). The molecule has 2 aliphatic heterocycles. The molecule has 1 saturated heterocycles. The van der Waals surface area contributed by atoms with Gasteiger partial charge in [0.15, 0.2) is 10.8 Å². The highest BCUT2D eigenvalue weighted by molar-refractivity contribution is 7.11. The maximum absolute atomic E-state index is 14.5. The summed E-state index contributed by atoms with van der Waals surface area (Å²) in [5.74, 6) is -1.60. The van der Waals surface area contributed by atoms with Crippen LogP contribution >= 0.6 is 11.3 Å². The Morgan fingerprint density at radius 1 is 1.41 bits per heavy atom. The van der Waals surface area contributed by atoms with Crippen molar-refractivity contribution in [3.05, 3.63) is 63.0 Å². The fraction of sp³-hybridized carbons (Fsp3) is 0.391. The first-order valence-electron chi connectivity index (χ1n) is 10.8. The van der Waals surface area contributed by atoms with Gasteiger partial charge in [-0.05, 0) is 31.0 Å². The van der Waals surface area contributed by atoms with Crippen molar-refractivity contribution in [3.63, 3.8) is 0 Å². The molecule has 0 amide bonds. The van der Waals surface area contributed by atoms with Crippen molar-refractivity contribution in [1.82, 2.24) is 15.2 Å². The lowest BCUT2D eigenvalue weighted by Gasteiger charge is -2.35. The number of carbonyl (C=O) groups is 2. The molecule has 34 heavy (non-hydrogen) atoms. The topological polar surface area (TPSA) is 113 Å². The van der Waals surface area contributed by atoms with Gasteiger partial charge >= 0.3 is 11.9 Å². The SMILES string of the molecule is CCOC(=O)C1=C(CN2CCOC[C@H]2C(=O)O)NC(c2nccs2)=N[C@H]1c1ccc(C)c(F)c1. The molecule has 2 atom stereocenters. The lowest BCUT2D eigenvalue weighted by molar-refractivity contribution is -0.149. The Morgan fingerprint density at radius 2 is 2.24 bits per heavy atom. The van der Waals surface area contributed by atoms with Crippen LogP contribution in [0.4, 0.5) is 4.39 Å². The monoisotopic (exact) mass is 488 g/mol. The summed E-state index contributed by atoms with van der Waals surface area (Å²) in [6.07, 6.45) is 1.64. The third-order valence-electron chi connectivity index (χ3n) is 5.65. The molecule has 2 aliphatic rings. The molecule has 0 spiro atoms. The number of nitrogens with one attached hydrogen (secondary N) is 1. The number of carboxylic acids is 1. The van der Waals surface area contributed by atoms with Crippen molar-refractivity contribution < 1.29 is 28.6 Å². The number of aliphatic carboxylic acids is 1. The van der Waals surface area contributed by atoms with Gasteiger partial charge in [0, 0.05) is 30.4 Å². The molecule has 2 N–H and O–H groups in total. The third kappa shape index (κ3) is 5.01. The van der Waals surface area contributed by atoms with Crippen LogP contribution in [0.25, 0.3) is 0 Å². The number of amidine groups is 1. The summed E-state index contributed by atoms with van der Waals surface area (Å²) >= 11 is 1.36. The highest BCUT2D eigenvalue weighted by Crippen LogP contribution is 2.34. The van der Waals surface area contributed by atoms with Gasteiger partial charge in [0.1, 0.15) is 17.9 Å². The van der Waals surface area contributed by atoms with E-state index in [2.05, 4.69) is 10.3 Å². The fourth-order valence-corrected chi connectivity index (χ4v) is 4.48. The number of aryl methyl sites for hydroxylation is 1. The molecule has 0 unspecified atom stereocenters. The van der Waals surface area contributed by atoms with Gasteiger partial charge < -0.3 is 19.9 Å². The average molecular weight is 489 g/mol. The Hall–Kier alpha value is -3.15. The second kappa shape index (κ2) is 10.4. The minimum Gasteiger partial charge on any atom is -0.480 e. The van der Waals surface area contributed by atoms with E-state index in [1.807, 2.05) is 0 Å². The van der Waals surface area contributed by atoms with E-state index in [9.17, 15) is 19.1 Å². The Kier molecular flexibility index (Phi) is 7.35. The van der Waals surface area contributed by atoms with Gasteiger partial charge in [-0.25, -0.2) is 14.2 Å². The number of nitrogens with zero attached hydrogens (tertiary/aromatic N) is 3. The van der Waals surface area contributed by atoms with Crippen molar-refractivity contribution in [2.24, 2.45) is 4.99 Å². The van der Waals surface area contributed by atoms with Crippen molar-refractivity contribution in [3.8, 4) is 0 Å². The van der Waals surface area contributed by atoms with Crippen LogP contribution < -0.4 is 5.32 Å². The van der Waals surface area contributed by atoms with Gasteiger partial charge in [0.2, 0.25) is 0 Å². The molecule has 3 heterocycles. The Morgan fingerprint density at radius 3 is 2.91 bits per heavy atom. The normalized spacial score (nSPS) is 21.1. The zero-order valence-corrected chi connectivity index (χ0v) is 19.6. The summed E-state index contributed by atoms with van der Waals surface area (Å²) in [7, 11) is 0. The van der Waals surface area contributed by atoms with Crippen LogP contribution in [0.15, 0.2) is 46.0 Å². The van der Waals surface area contributed by atoms with E-state index in [0.717, 1.165) is 0 Å². The summed E-state index contributed by atoms with van der Waals surface area (Å²) < 4.78 is 25.2. The van der Waals surface area contributed by atoms with Gasteiger partial charge in [0.05, 0.1) is 25.4 Å². The van der Waals surface area contributed by atoms with Gasteiger partial charge in [-0.15, -0.1) is 11.3 Å². The number of aliphatic imine (C=N–C) groups is 1. The number of morpholine rings is 1. The lowest BCUT2D eigenvalue weighted by atomic mass is 9.94. The van der Waals surface area contributed by atoms with Gasteiger partial charge in [-0.3, -0.25) is 14.7 Å².